The van der Waals surface area contributed by atoms with Crippen LogP contribution in [-0.2, 0) is 4.79 Å². The third kappa shape index (κ3) is 3.07. The number of para-hydroxylation sites is 1. The molecule has 0 aliphatic rings. The quantitative estimate of drug-likeness (QED) is 0.822. The van der Waals surface area contributed by atoms with Gasteiger partial charge in [-0.2, -0.15) is 0 Å². The van der Waals surface area contributed by atoms with Crippen LogP contribution in [0.15, 0.2) is 24.3 Å². The molecule has 1 aromatic rings. The zero-order valence-corrected chi connectivity index (χ0v) is 12.1. The number of carbonyl (C=O) groups is 1. The summed E-state index contributed by atoms with van der Waals surface area (Å²) in [5, 5.41) is 2.91. The number of hydrogen-bond acceptors (Lipinski definition) is 2. The van der Waals surface area contributed by atoms with Crippen LogP contribution in [0.1, 0.15) is 39.2 Å². The number of benzene rings is 1. The Labute approximate surface area is 114 Å². The Kier molecular flexibility index (Phi) is 4.46. The number of rotatable bonds is 4. The molecule has 4 heteroatoms. The Morgan fingerprint density at radius 3 is 2.39 bits per heavy atom. The van der Waals surface area contributed by atoms with E-state index in [9.17, 15) is 4.79 Å². The van der Waals surface area contributed by atoms with Gasteiger partial charge in [-0.05, 0) is 31.4 Å². The van der Waals surface area contributed by atoms with Gasteiger partial charge in [0.2, 0.25) is 5.91 Å². The summed E-state index contributed by atoms with van der Waals surface area (Å²) < 4.78 is 0. The zero-order chi connectivity index (χ0) is 13.9. The van der Waals surface area contributed by atoms with Crippen LogP contribution in [0.4, 0.5) is 5.69 Å². The molecule has 0 fully saturated rings. The van der Waals surface area contributed by atoms with Gasteiger partial charge in [0.05, 0.1) is 10.4 Å². The molecule has 1 aromatic carbocycles. The molecule has 0 aliphatic carbocycles. The molecule has 3 N–H and O–H groups in total. The van der Waals surface area contributed by atoms with E-state index in [0.717, 1.165) is 11.3 Å². The van der Waals surface area contributed by atoms with E-state index in [1.54, 1.807) is 13.8 Å². The second-order valence-corrected chi connectivity index (χ2v) is 5.63. The minimum Gasteiger partial charge on any atom is -0.392 e. The van der Waals surface area contributed by atoms with E-state index in [1.807, 2.05) is 24.3 Å². The van der Waals surface area contributed by atoms with Crippen molar-refractivity contribution in [3.8, 4) is 0 Å². The van der Waals surface area contributed by atoms with Crippen molar-refractivity contribution < 1.29 is 4.79 Å². The number of nitrogens with two attached hydrogens (primary N) is 1. The second-order valence-electron chi connectivity index (χ2n) is 5.19. The summed E-state index contributed by atoms with van der Waals surface area (Å²) >= 11 is 4.93. The molecular formula is C14H20N2OS. The van der Waals surface area contributed by atoms with E-state index in [0.29, 0.717) is 5.92 Å². The number of amides is 1. The third-order valence-corrected chi connectivity index (χ3v) is 3.52. The summed E-state index contributed by atoms with van der Waals surface area (Å²) in [7, 11) is 0. The third-order valence-electron chi connectivity index (χ3n) is 3.01. The van der Waals surface area contributed by atoms with Crippen molar-refractivity contribution in [2.75, 3.05) is 5.32 Å². The Bertz CT molecular complexity index is 467. The van der Waals surface area contributed by atoms with Crippen LogP contribution in [0.3, 0.4) is 0 Å². The molecular weight excluding hydrogens is 244 g/mol. The molecule has 1 rings (SSSR count). The zero-order valence-electron chi connectivity index (χ0n) is 11.3. The van der Waals surface area contributed by atoms with Crippen LogP contribution in [-0.4, -0.2) is 10.9 Å². The molecule has 98 valence electrons. The maximum Gasteiger partial charge on any atom is 0.236 e. The predicted octanol–water partition coefficient (Wildman–Crippen LogP) is 3.06. The lowest BCUT2D eigenvalue weighted by Crippen LogP contribution is -2.41. The van der Waals surface area contributed by atoms with E-state index >= 15 is 0 Å². The normalized spacial score (nSPS) is 11.4. The Balaban J connectivity index is 2.99. The molecule has 0 saturated carbocycles. The molecule has 0 aromatic heterocycles. The van der Waals surface area contributed by atoms with Gasteiger partial charge in [-0.15, -0.1) is 0 Å². The van der Waals surface area contributed by atoms with Crippen LogP contribution in [0.2, 0.25) is 0 Å². The van der Waals surface area contributed by atoms with Crippen molar-refractivity contribution in [2.24, 2.45) is 11.1 Å². The standard InChI is InChI=1S/C14H20N2OS/c1-9(2)10-7-5-6-8-11(10)16-13(17)14(3,4)12(15)18/h5-9H,1-4H3,(H2,15,18)(H,16,17). The Morgan fingerprint density at radius 2 is 1.89 bits per heavy atom. The fourth-order valence-corrected chi connectivity index (χ4v) is 1.60. The maximum absolute atomic E-state index is 12.2. The lowest BCUT2D eigenvalue weighted by molar-refractivity contribution is -0.121. The number of nitrogens with one attached hydrogen (secondary N) is 1. The summed E-state index contributed by atoms with van der Waals surface area (Å²) in [6, 6.07) is 7.76. The first-order valence-electron chi connectivity index (χ1n) is 5.97. The van der Waals surface area contributed by atoms with Crippen LogP contribution in [0.25, 0.3) is 0 Å². The molecule has 3 nitrogen and oxygen atoms in total. The SMILES string of the molecule is CC(C)c1ccccc1NC(=O)C(C)(C)C(N)=S. The van der Waals surface area contributed by atoms with Crippen molar-refractivity contribution in [3.63, 3.8) is 0 Å². The van der Waals surface area contributed by atoms with E-state index < -0.39 is 5.41 Å². The molecule has 0 saturated heterocycles. The summed E-state index contributed by atoms with van der Waals surface area (Å²) in [5.74, 6) is 0.164. The predicted molar refractivity (Wildman–Crippen MR) is 79.7 cm³/mol. The molecule has 0 bridgehead atoms. The first kappa shape index (κ1) is 14.6. The van der Waals surface area contributed by atoms with Crippen molar-refractivity contribution in [2.45, 2.75) is 33.6 Å². The molecule has 1 amide bonds. The Hall–Kier alpha value is -1.42. The van der Waals surface area contributed by atoms with Crippen LogP contribution in [0.5, 0.6) is 0 Å². The Morgan fingerprint density at radius 1 is 1.33 bits per heavy atom. The minimum absolute atomic E-state index is 0.178. The summed E-state index contributed by atoms with van der Waals surface area (Å²) in [6.07, 6.45) is 0. The number of hydrogen-bond donors (Lipinski definition) is 2. The van der Waals surface area contributed by atoms with Crippen molar-refractivity contribution in [3.05, 3.63) is 29.8 Å². The van der Waals surface area contributed by atoms with Gasteiger partial charge in [-0.25, -0.2) is 0 Å². The fraction of sp³-hybridized carbons (Fsp3) is 0.429. The van der Waals surface area contributed by atoms with Crippen molar-refractivity contribution >= 4 is 28.8 Å². The second kappa shape index (κ2) is 5.48. The maximum atomic E-state index is 12.2. The van der Waals surface area contributed by atoms with Gasteiger partial charge < -0.3 is 11.1 Å². The highest BCUT2D eigenvalue weighted by Crippen LogP contribution is 2.26. The minimum atomic E-state index is -0.848. The van der Waals surface area contributed by atoms with E-state index in [2.05, 4.69) is 19.2 Å². The summed E-state index contributed by atoms with van der Waals surface area (Å²) in [5.41, 5.74) is 6.67. The van der Waals surface area contributed by atoms with Gasteiger partial charge >= 0.3 is 0 Å². The largest absolute Gasteiger partial charge is 0.392 e. The molecule has 0 heterocycles. The van der Waals surface area contributed by atoms with Gasteiger partial charge in [-0.3, -0.25) is 4.79 Å². The highest BCUT2D eigenvalue weighted by molar-refractivity contribution is 7.80. The molecule has 18 heavy (non-hydrogen) atoms. The van der Waals surface area contributed by atoms with Gasteiger partial charge in [-0.1, -0.05) is 44.3 Å². The van der Waals surface area contributed by atoms with Gasteiger partial charge in [0.25, 0.3) is 0 Å². The topological polar surface area (TPSA) is 55.1 Å². The highest BCUT2D eigenvalue weighted by atomic mass is 32.1. The van der Waals surface area contributed by atoms with Gasteiger partial charge in [0.1, 0.15) is 0 Å². The lowest BCUT2D eigenvalue weighted by Gasteiger charge is -2.23. The van der Waals surface area contributed by atoms with E-state index in [-0.39, 0.29) is 10.9 Å². The molecule has 0 aliphatic heterocycles. The molecule has 0 spiro atoms. The van der Waals surface area contributed by atoms with Crippen molar-refractivity contribution in [1.29, 1.82) is 0 Å². The highest BCUT2D eigenvalue weighted by Gasteiger charge is 2.31. The van der Waals surface area contributed by atoms with E-state index in [1.165, 1.54) is 0 Å². The molecule has 0 unspecified atom stereocenters. The summed E-state index contributed by atoms with van der Waals surface area (Å²) in [6.45, 7) is 7.62. The van der Waals surface area contributed by atoms with Crippen molar-refractivity contribution in [1.82, 2.24) is 0 Å². The van der Waals surface area contributed by atoms with Gasteiger partial charge in [0, 0.05) is 5.69 Å². The monoisotopic (exact) mass is 264 g/mol. The van der Waals surface area contributed by atoms with Crippen LogP contribution < -0.4 is 11.1 Å². The average molecular weight is 264 g/mol. The average Bonchev–Trinajstić information content (AvgIpc) is 2.29. The number of anilines is 1. The molecule has 0 atom stereocenters. The lowest BCUT2D eigenvalue weighted by atomic mass is 9.91. The summed E-state index contributed by atoms with van der Waals surface area (Å²) in [4.78, 5) is 12.4. The molecule has 0 radical (unpaired) electrons. The number of thiocarbonyl (C=S) groups is 1. The first-order chi connectivity index (χ1) is 8.26. The first-order valence-corrected chi connectivity index (χ1v) is 6.38. The van der Waals surface area contributed by atoms with Crippen LogP contribution in [0, 0.1) is 5.41 Å². The van der Waals surface area contributed by atoms with Gasteiger partial charge in [0.15, 0.2) is 0 Å². The van der Waals surface area contributed by atoms with E-state index in [4.69, 9.17) is 18.0 Å². The smallest absolute Gasteiger partial charge is 0.236 e. The fourth-order valence-electron chi connectivity index (χ4n) is 1.50. The van der Waals surface area contributed by atoms with Crippen LogP contribution >= 0.6 is 12.2 Å². The number of carbonyl (C=O) groups excluding carboxylic acids is 1.